The molecule has 1 amide bonds. The van der Waals surface area contributed by atoms with E-state index in [-0.39, 0.29) is 5.91 Å². The maximum absolute atomic E-state index is 12.3. The van der Waals surface area contributed by atoms with Gasteiger partial charge in [-0.3, -0.25) is 9.78 Å². The minimum atomic E-state index is 0.0781. The van der Waals surface area contributed by atoms with E-state index in [1.54, 1.807) is 6.20 Å². The van der Waals surface area contributed by atoms with E-state index in [1.165, 1.54) is 0 Å². The van der Waals surface area contributed by atoms with E-state index in [0.717, 1.165) is 38.0 Å². The van der Waals surface area contributed by atoms with Gasteiger partial charge in [0.1, 0.15) is 0 Å². The number of hydrogen-bond donors (Lipinski definition) is 1. The van der Waals surface area contributed by atoms with Crippen molar-refractivity contribution in [3.8, 4) is 0 Å². The summed E-state index contributed by atoms with van der Waals surface area (Å²) >= 11 is 0. The van der Waals surface area contributed by atoms with Gasteiger partial charge in [0, 0.05) is 25.0 Å². The van der Waals surface area contributed by atoms with Crippen LogP contribution >= 0.6 is 0 Å². The number of aromatic nitrogens is 1. The third-order valence-electron chi connectivity index (χ3n) is 3.57. The number of hydrogen-bond acceptors (Lipinski definition) is 3. The maximum Gasteiger partial charge on any atom is 0.255 e. The molecule has 1 unspecified atom stereocenters. The highest BCUT2D eigenvalue weighted by molar-refractivity contribution is 5.93. The topological polar surface area (TPSA) is 45.2 Å². The molecule has 0 aliphatic carbocycles. The molecule has 0 spiro atoms. The lowest BCUT2D eigenvalue weighted by Crippen LogP contribution is -2.37. The van der Waals surface area contributed by atoms with E-state index >= 15 is 0 Å². The lowest BCUT2D eigenvalue weighted by atomic mass is 10.1. The molecule has 0 radical (unpaired) electrons. The van der Waals surface area contributed by atoms with E-state index in [0.29, 0.717) is 11.6 Å². The molecule has 1 atom stereocenters. The molecule has 4 heteroatoms. The SMILES string of the molecule is Cc1ccc(C(=O)N(C)C2CCCNCC2)cn1. The Morgan fingerprint density at radius 1 is 1.39 bits per heavy atom. The Morgan fingerprint density at radius 3 is 2.94 bits per heavy atom. The highest BCUT2D eigenvalue weighted by atomic mass is 16.2. The Labute approximate surface area is 108 Å². The van der Waals surface area contributed by atoms with Gasteiger partial charge in [-0.05, 0) is 51.4 Å². The quantitative estimate of drug-likeness (QED) is 0.863. The summed E-state index contributed by atoms with van der Waals surface area (Å²) in [5.41, 5.74) is 1.62. The Kier molecular flexibility index (Phi) is 4.31. The molecule has 4 nitrogen and oxygen atoms in total. The van der Waals surface area contributed by atoms with Crippen LogP contribution in [0.25, 0.3) is 0 Å². The summed E-state index contributed by atoms with van der Waals surface area (Å²) in [6.07, 6.45) is 4.91. The van der Waals surface area contributed by atoms with Gasteiger partial charge in [-0.2, -0.15) is 0 Å². The van der Waals surface area contributed by atoms with Crippen molar-refractivity contribution in [3.63, 3.8) is 0 Å². The Bertz CT molecular complexity index is 394. The van der Waals surface area contributed by atoms with Gasteiger partial charge < -0.3 is 10.2 Å². The number of pyridine rings is 1. The van der Waals surface area contributed by atoms with Crippen LogP contribution in [0.3, 0.4) is 0 Å². The van der Waals surface area contributed by atoms with Crippen molar-refractivity contribution in [1.29, 1.82) is 0 Å². The van der Waals surface area contributed by atoms with Gasteiger partial charge >= 0.3 is 0 Å². The molecule has 0 aromatic carbocycles. The molecule has 1 aliphatic rings. The van der Waals surface area contributed by atoms with Crippen LogP contribution in [-0.4, -0.2) is 42.0 Å². The van der Waals surface area contributed by atoms with Crippen molar-refractivity contribution in [2.45, 2.75) is 32.2 Å². The molecule has 18 heavy (non-hydrogen) atoms. The fourth-order valence-corrected chi connectivity index (χ4v) is 2.35. The van der Waals surface area contributed by atoms with Crippen LogP contribution in [0.1, 0.15) is 35.3 Å². The van der Waals surface area contributed by atoms with Crippen LogP contribution in [0.15, 0.2) is 18.3 Å². The summed E-state index contributed by atoms with van der Waals surface area (Å²) < 4.78 is 0. The molecule has 1 aromatic rings. The first-order valence-corrected chi connectivity index (χ1v) is 6.59. The summed E-state index contributed by atoms with van der Waals surface area (Å²) in [6, 6.07) is 4.08. The minimum Gasteiger partial charge on any atom is -0.339 e. The second-order valence-corrected chi connectivity index (χ2v) is 4.94. The monoisotopic (exact) mass is 247 g/mol. The first-order chi connectivity index (χ1) is 8.68. The number of aryl methyl sites for hydroxylation is 1. The van der Waals surface area contributed by atoms with E-state index in [1.807, 2.05) is 31.0 Å². The maximum atomic E-state index is 12.3. The Morgan fingerprint density at radius 2 is 2.22 bits per heavy atom. The third kappa shape index (κ3) is 3.07. The predicted molar refractivity (Wildman–Crippen MR) is 71.6 cm³/mol. The fraction of sp³-hybridized carbons (Fsp3) is 0.571. The number of nitrogens with zero attached hydrogens (tertiary/aromatic N) is 2. The van der Waals surface area contributed by atoms with E-state index in [9.17, 15) is 4.79 Å². The number of nitrogens with one attached hydrogen (secondary N) is 1. The molecule has 2 rings (SSSR count). The average Bonchev–Trinajstić information content (AvgIpc) is 2.67. The van der Waals surface area contributed by atoms with Gasteiger partial charge in [0.2, 0.25) is 0 Å². The molecule has 1 N–H and O–H groups in total. The van der Waals surface area contributed by atoms with Gasteiger partial charge in [-0.1, -0.05) is 0 Å². The number of rotatable bonds is 2. The molecule has 1 aliphatic heterocycles. The molecule has 1 aromatic heterocycles. The van der Waals surface area contributed by atoms with Crippen LogP contribution in [0.2, 0.25) is 0 Å². The van der Waals surface area contributed by atoms with Gasteiger partial charge in [0.15, 0.2) is 0 Å². The van der Waals surface area contributed by atoms with Crippen molar-refractivity contribution >= 4 is 5.91 Å². The van der Waals surface area contributed by atoms with Crippen LogP contribution in [-0.2, 0) is 0 Å². The first kappa shape index (κ1) is 13.0. The second kappa shape index (κ2) is 5.96. The zero-order chi connectivity index (χ0) is 13.0. The lowest BCUT2D eigenvalue weighted by molar-refractivity contribution is 0.0720. The zero-order valence-electron chi connectivity index (χ0n) is 11.1. The average molecular weight is 247 g/mol. The normalized spacial score (nSPS) is 20.2. The van der Waals surface area contributed by atoms with Crippen molar-refractivity contribution < 1.29 is 4.79 Å². The van der Waals surface area contributed by atoms with Gasteiger partial charge in [-0.15, -0.1) is 0 Å². The van der Waals surface area contributed by atoms with Gasteiger partial charge in [-0.25, -0.2) is 0 Å². The van der Waals surface area contributed by atoms with Crippen LogP contribution < -0.4 is 5.32 Å². The zero-order valence-corrected chi connectivity index (χ0v) is 11.1. The number of amides is 1. The minimum absolute atomic E-state index is 0.0781. The first-order valence-electron chi connectivity index (χ1n) is 6.59. The summed E-state index contributed by atoms with van der Waals surface area (Å²) in [4.78, 5) is 18.4. The summed E-state index contributed by atoms with van der Waals surface area (Å²) in [7, 11) is 1.90. The molecule has 1 saturated heterocycles. The Balaban J connectivity index is 2.05. The lowest BCUT2D eigenvalue weighted by Gasteiger charge is -2.27. The van der Waals surface area contributed by atoms with Crippen molar-refractivity contribution in [2.75, 3.05) is 20.1 Å². The highest BCUT2D eigenvalue weighted by Gasteiger charge is 2.22. The Hall–Kier alpha value is -1.42. The molecular weight excluding hydrogens is 226 g/mol. The largest absolute Gasteiger partial charge is 0.339 e. The summed E-state index contributed by atoms with van der Waals surface area (Å²) in [5, 5.41) is 3.37. The van der Waals surface area contributed by atoms with Crippen LogP contribution in [0, 0.1) is 6.92 Å². The van der Waals surface area contributed by atoms with Crippen LogP contribution in [0.4, 0.5) is 0 Å². The summed E-state index contributed by atoms with van der Waals surface area (Å²) in [6.45, 7) is 3.98. The van der Waals surface area contributed by atoms with Crippen LogP contribution in [0.5, 0.6) is 0 Å². The van der Waals surface area contributed by atoms with E-state index in [2.05, 4.69) is 10.3 Å². The third-order valence-corrected chi connectivity index (χ3v) is 3.57. The van der Waals surface area contributed by atoms with E-state index < -0.39 is 0 Å². The standard InChI is InChI=1S/C14H21N3O/c1-11-5-6-12(10-16-11)14(18)17(2)13-4-3-8-15-9-7-13/h5-6,10,13,15H,3-4,7-9H2,1-2H3. The molecule has 0 saturated carbocycles. The molecular formula is C14H21N3O. The van der Waals surface area contributed by atoms with Gasteiger partial charge in [0.25, 0.3) is 5.91 Å². The van der Waals surface area contributed by atoms with E-state index in [4.69, 9.17) is 0 Å². The molecule has 0 bridgehead atoms. The number of carbonyl (C=O) groups excluding carboxylic acids is 1. The molecule has 1 fully saturated rings. The fourth-order valence-electron chi connectivity index (χ4n) is 2.35. The highest BCUT2D eigenvalue weighted by Crippen LogP contribution is 2.14. The second-order valence-electron chi connectivity index (χ2n) is 4.94. The molecule has 98 valence electrons. The summed E-state index contributed by atoms with van der Waals surface area (Å²) in [5.74, 6) is 0.0781. The van der Waals surface area contributed by atoms with Crippen molar-refractivity contribution in [1.82, 2.24) is 15.2 Å². The predicted octanol–water partition coefficient (Wildman–Crippen LogP) is 1.60. The smallest absolute Gasteiger partial charge is 0.255 e. The van der Waals surface area contributed by atoms with Crippen molar-refractivity contribution in [3.05, 3.63) is 29.6 Å². The number of carbonyl (C=O) groups is 1. The molecule has 2 heterocycles. The van der Waals surface area contributed by atoms with Gasteiger partial charge in [0.05, 0.1) is 5.56 Å². The van der Waals surface area contributed by atoms with Crippen molar-refractivity contribution in [2.24, 2.45) is 0 Å².